The van der Waals surface area contributed by atoms with Crippen molar-refractivity contribution in [3.8, 4) is 0 Å². The summed E-state index contributed by atoms with van der Waals surface area (Å²) in [6.45, 7) is 8.09. The first kappa shape index (κ1) is 21.5. The molecule has 1 amide bonds. The van der Waals surface area contributed by atoms with Crippen LogP contribution in [0, 0.1) is 5.41 Å². The average Bonchev–Trinajstić information content (AvgIpc) is 2.73. The molecular formula is C25H35N3O. The molecule has 1 saturated heterocycles. The van der Waals surface area contributed by atoms with Crippen LogP contribution in [0.5, 0.6) is 0 Å². The van der Waals surface area contributed by atoms with Crippen molar-refractivity contribution in [3.05, 3.63) is 66.0 Å². The van der Waals surface area contributed by atoms with Crippen molar-refractivity contribution in [2.75, 3.05) is 13.1 Å². The highest BCUT2D eigenvalue weighted by molar-refractivity contribution is 5.81. The smallest absolute Gasteiger partial charge is 0.225 e. The summed E-state index contributed by atoms with van der Waals surface area (Å²) in [6.07, 6.45) is 7.50. The lowest BCUT2D eigenvalue weighted by Crippen LogP contribution is -2.45. The van der Waals surface area contributed by atoms with Crippen LogP contribution in [0.3, 0.4) is 0 Å². The summed E-state index contributed by atoms with van der Waals surface area (Å²) in [6, 6.07) is 17.1. The SMILES string of the molecule is CC(C)(C)C(=O)N[C@H](C[C@@H]1CCCCN1CCc1ccccc1)c1ccccn1. The Morgan fingerprint density at radius 1 is 1.14 bits per heavy atom. The van der Waals surface area contributed by atoms with E-state index in [2.05, 4.69) is 45.5 Å². The Hall–Kier alpha value is -2.20. The highest BCUT2D eigenvalue weighted by Crippen LogP contribution is 2.27. The number of nitrogens with zero attached hydrogens (tertiary/aromatic N) is 2. The van der Waals surface area contributed by atoms with Crippen molar-refractivity contribution in [1.82, 2.24) is 15.2 Å². The van der Waals surface area contributed by atoms with Crippen molar-refractivity contribution < 1.29 is 4.79 Å². The van der Waals surface area contributed by atoms with Gasteiger partial charge in [-0.15, -0.1) is 0 Å². The highest BCUT2D eigenvalue weighted by Gasteiger charge is 2.30. The molecule has 0 unspecified atom stereocenters. The number of rotatable bonds is 7. The lowest BCUT2D eigenvalue weighted by atomic mass is 9.91. The minimum absolute atomic E-state index is 0.0507. The molecule has 1 N–H and O–H groups in total. The van der Waals surface area contributed by atoms with Crippen molar-refractivity contribution >= 4 is 5.91 Å². The number of hydrogen-bond donors (Lipinski definition) is 1. The number of amides is 1. The van der Waals surface area contributed by atoms with Gasteiger partial charge < -0.3 is 5.32 Å². The standard InChI is InChI=1S/C25H35N3O/c1-25(2,3)24(29)27-23(22-14-7-9-16-26-22)19-21-13-8-10-17-28(21)18-15-20-11-5-4-6-12-20/h4-7,9,11-12,14,16,21,23H,8,10,13,15,17-19H2,1-3H3,(H,27,29)/t21-,23+/m0/s1. The first-order chi connectivity index (χ1) is 13.9. The third-order valence-electron chi connectivity index (χ3n) is 5.82. The normalized spacial score (nSPS) is 18.9. The van der Waals surface area contributed by atoms with E-state index in [1.54, 1.807) is 0 Å². The van der Waals surface area contributed by atoms with E-state index < -0.39 is 5.41 Å². The predicted octanol–water partition coefficient (Wildman–Crippen LogP) is 4.77. The number of nitrogens with one attached hydrogen (secondary N) is 1. The fourth-order valence-corrected chi connectivity index (χ4v) is 4.02. The number of hydrogen-bond acceptors (Lipinski definition) is 3. The Morgan fingerprint density at radius 3 is 2.59 bits per heavy atom. The molecule has 2 atom stereocenters. The van der Waals surface area contributed by atoms with Crippen molar-refractivity contribution in [2.24, 2.45) is 5.41 Å². The van der Waals surface area contributed by atoms with Crippen LogP contribution in [0.4, 0.5) is 0 Å². The third kappa shape index (κ3) is 6.40. The summed E-state index contributed by atoms with van der Waals surface area (Å²) in [5, 5.41) is 3.29. The van der Waals surface area contributed by atoms with E-state index in [1.807, 2.05) is 45.2 Å². The maximum Gasteiger partial charge on any atom is 0.225 e. The van der Waals surface area contributed by atoms with E-state index in [-0.39, 0.29) is 11.9 Å². The van der Waals surface area contributed by atoms with Gasteiger partial charge in [-0.3, -0.25) is 14.7 Å². The molecule has 156 valence electrons. The highest BCUT2D eigenvalue weighted by atomic mass is 16.2. The number of likely N-dealkylation sites (tertiary alicyclic amines) is 1. The quantitative estimate of drug-likeness (QED) is 0.737. The van der Waals surface area contributed by atoms with Crippen LogP contribution in [0.1, 0.15) is 63.8 Å². The summed E-state index contributed by atoms with van der Waals surface area (Å²) in [7, 11) is 0. The second kappa shape index (κ2) is 10.0. The third-order valence-corrected chi connectivity index (χ3v) is 5.82. The summed E-state index contributed by atoms with van der Waals surface area (Å²) >= 11 is 0. The van der Waals surface area contributed by atoms with Gasteiger partial charge in [0.05, 0.1) is 11.7 Å². The van der Waals surface area contributed by atoms with Crippen LogP contribution in [0.15, 0.2) is 54.7 Å². The molecule has 4 heteroatoms. The van der Waals surface area contributed by atoms with Gasteiger partial charge in [0.15, 0.2) is 0 Å². The van der Waals surface area contributed by atoms with Gasteiger partial charge in [0.25, 0.3) is 0 Å². The Morgan fingerprint density at radius 2 is 1.90 bits per heavy atom. The summed E-state index contributed by atoms with van der Waals surface area (Å²) < 4.78 is 0. The van der Waals surface area contributed by atoms with E-state index in [1.165, 1.54) is 24.8 Å². The number of pyridine rings is 1. The van der Waals surface area contributed by atoms with Gasteiger partial charge in [-0.1, -0.05) is 63.6 Å². The largest absolute Gasteiger partial charge is 0.347 e. The van der Waals surface area contributed by atoms with Gasteiger partial charge in [0.2, 0.25) is 5.91 Å². The molecule has 1 aliphatic rings. The van der Waals surface area contributed by atoms with E-state index >= 15 is 0 Å². The number of aromatic nitrogens is 1. The molecule has 0 bridgehead atoms. The summed E-state index contributed by atoms with van der Waals surface area (Å²) in [5.41, 5.74) is 1.94. The second-order valence-corrected chi connectivity index (χ2v) is 9.19. The zero-order chi connectivity index (χ0) is 20.7. The minimum Gasteiger partial charge on any atom is -0.347 e. The van der Waals surface area contributed by atoms with Crippen molar-refractivity contribution in [3.63, 3.8) is 0 Å². The molecule has 2 heterocycles. The van der Waals surface area contributed by atoms with Gasteiger partial charge in [-0.25, -0.2) is 0 Å². The number of piperidine rings is 1. The maximum absolute atomic E-state index is 12.7. The maximum atomic E-state index is 12.7. The molecule has 1 aromatic carbocycles. The second-order valence-electron chi connectivity index (χ2n) is 9.19. The number of carbonyl (C=O) groups excluding carboxylic acids is 1. The molecule has 1 aliphatic heterocycles. The van der Waals surface area contributed by atoms with Crippen LogP contribution < -0.4 is 5.32 Å². The fourth-order valence-electron chi connectivity index (χ4n) is 4.02. The Balaban J connectivity index is 1.70. The van der Waals surface area contributed by atoms with E-state index in [9.17, 15) is 4.79 Å². The first-order valence-electron chi connectivity index (χ1n) is 10.9. The summed E-state index contributed by atoms with van der Waals surface area (Å²) in [5.74, 6) is 0.0831. The lowest BCUT2D eigenvalue weighted by Gasteiger charge is -2.38. The van der Waals surface area contributed by atoms with Crippen LogP contribution in [0.25, 0.3) is 0 Å². The van der Waals surface area contributed by atoms with Crippen molar-refractivity contribution in [2.45, 2.75) is 65.0 Å². The average molecular weight is 394 g/mol. The molecule has 1 aromatic heterocycles. The van der Waals surface area contributed by atoms with E-state index in [0.29, 0.717) is 6.04 Å². The molecule has 0 aliphatic carbocycles. The minimum atomic E-state index is -0.410. The first-order valence-corrected chi connectivity index (χ1v) is 10.9. The van der Waals surface area contributed by atoms with Gasteiger partial charge in [0, 0.05) is 24.2 Å². The van der Waals surface area contributed by atoms with Crippen LogP contribution in [-0.2, 0) is 11.2 Å². The van der Waals surface area contributed by atoms with Crippen molar-refractivity contribution in [1.29, 1.82) is 0 Å². The molecular weight excluding hydrogens is 358 g/mol. The topological polar surface area (TPSA) is 45.2 Å². The van der Waals surface area contributed by atoms with Gasteiger partial charge in [-0.05, 0) is 49.9 Å². The van der Waals surface area contributed by atoms with E-state index in [4.69, 9.17) is 0 Å². The fraction of sp³-hybridized carbons (Fsp3) is 0.520. The molecule has 0 saturated carbocycles. The molecule has 0 radical (unpaired) electrons. The zero-order valence-corrected chi connectivity index (χ0v) is 18.1. The van der Waals surface area contributed by atoms with Gasteiger partial charge in [-0.2, -0.15) is 0 Å². The molecule has 0 spiro atoms. The Labute approximate surface area is 175 Å². The molecule has 4 nitrogen and oxygen atoms in total. The van der Waals surface area contributed by atoms with Crippen LogP contribution >= 0.6 is 0 Å². The van der Waals surface area contributed by atoms with E-state index in [0.717, 1.165) is 31.6 Å². The van der Waals surface area contributed by atoms with Gasteiger partial charge in [0.1, 0.15) is 0 Å². The Bertz CT molecular complexity index is 755. The Kier molecular flexibility index (Phi) is 7.43. The monoisotopic (exact) mass is 393 g/mol. The van der Waals surface area contributed by atoms with Gasteiger partial charge >= 0.3 is 0 Å². The predicted molar refractivity (Wildman–Crippen MR) is 119 cm³/mol. The molecule has 2 aromatic rings. The van der Waals surface area contributed by atoms with Crippen LogP contribution in [0.2, 0.25) is 0 Å². The lowest BCUT2D eigenvalue weighted by molar-refractivity contribution is -0.129. The number of carbonyl (C=O) groups is 1. The molecule has 29 heavy (non-hydrogen) atoms. The summed E-state index contributed by atoms with van der Waals surface area (Å²) in [4.78, 5) is 19.9. The zero-order valence-electron chi connectivity index (χ0n) is 18.1. The molecule has 1 fully saturated rings. The molecule has 3 rings (SSSR count). The number of benzene rings is 1. The van der Waals surface area contributed by atoms with Crippen LogP contribution in [-0.4, -0.2) is 34.9 Å².